The molecule has 0 N–H and O–H groups in total. The second-order valence-electron chi connectivity index (χ2n) is 5.46. The number of rotatable bonds is 4. The van der Waals surface area contributed by atoms with Gasteiger partial charge in [-0.15, -0.1) is 0 Å². The summed E-state index contributed by atoms with van der Waals surface area (Å²) in [6.45, 7) is 1.40. The number of fused-ring (bicyclic) bond motifs is 1. The third-order valence-electron chi connectivity index (χ3n) is 4.08. The number of anilines is 1. The van der Waals surface area contributed by atoms with E-state index in [1.54, 1.807) is 0 Å². The maximum atomic E-state index is 11.3. The van der Waals surface area contributed by atoms with Gasteiger partial charge in [-0.3, -0.25) is 30.3 Å². The van der Waals surface area contributed by atoms with Crippen LogP contribution in [-0.4, -0.2) is 27.9 Å². The van der Waals surface area contributed by atoms with Crippen LogP contribution >= 0.6 is 0 Å². The van der Waals surface area contributed by atoms with Gasteiger partial charge in [-0.25, -0.2) is 0 Å². The lowest BCUT2D eigenvalue weighted by Crippen LogP contribution is -2.18. The summed E-state index contributed by atoms with van der Waals surface area (Å²) in [6.07, 6.45) is 1.85. The maximum absolute atomic E-state index is 11.3. The molecule has 1 aliphatic heterocycles. The maximum Gasteiger partial charge on any atom is 0.291 e. The molecule has 0 saturated carbocycles. The number of nitro benzene ring substituents is 3. The van der Waals surface area contributed by atoms with Gasteiger partial charge in [0.25, 0.3) is 17.1 Å². The lowest BCUT2D eigenvalue weighted by Gasteiger charge is -2.19. The van der Waals surface area contributed by atoms with Crippen molar-refractivity contribution in [1.29, 1.82) is 0 Å². The Morgan fingerprint density at radius 2 is 1.46 bits per heavy atom. The monoisotopic (exact) mass is 332 g/mol. The number of nitro groups is 3. The highest BCUT2D eigenvalue weighted by molar-refractivity contribution is 6.06. The zero-order chi connectivity index (χ0) is 17.4. The molecule has 1 heterocycles. The molecule has 2 aromatic carbocycles. The van der Waals surface area contributed by atoms with Crippen molar-refractivity contribution < 1.29 is 14.8 Å². The van der Waals surface area contributed by atoms with Crippen molar-refractivity contribution in [3.63, 3.8) is 0 Å². The van der Waals surface area contributed by atoms with Gasteiger partial charge in [0, 0.05) is 36.3 Å². The Hall–Kier alpha value is -3.30. The highest BCUT2D eigenvalue weighted by atomic mass is 16.6. The highest BCUT2D eigenvalue weighted by Gasteiger charge is 2.29. The van der Waals surface area contributed by atoms with Gasteiger partial charge in [-0.2, -0.15) is 0 Å². The van der Waals surface area contributed by atoms with Crippen LogP contribution in [0.15, 0.2) is 24.3 Å². The molecule has 0 bridgehead atoms. The van der Waals surface area contributed by atoms with Crippen LogP contribution in [0.4, 0.5) is 22.7 Å². The molecule has 0 amide bonds. The van der Waals surface area contributed by atoms with Crippen molar-refractivity contribution >= 4 is 33.5 Å². The third-order valence-corrected chi connectivity index (χ3v) is 4.08. The molecule has 10 heteroatoms. The summed E-state index contributed by atoms with van der Waals surface area (Å²) in [7, 11) is 0. The molecule has 24 heavy (non-hydrogen) atoms. The number of benzene rings is 2. The molecule has 124 valence electrons. The standard InChI is InChI=1S/C14H12N4O6/c19-16(20)9-7-10-11(15-5-1-2-6-15)3-4-12(17(21)22)14(10)13(8-9)18(23)24/h3-4,7-8H,1-2,5-6H2. The Bertz CT molecular complexity index is 875. The fourth-order valence-electron chi connectivity index (χ4n) is 3.05. The highest BCUT2D eigenvalue weighted by Crippen LogP contribution is 2.42. The lowest BCUT2D eigenvalue weighted by molar-refractivity contribution is -0.395. The number of hydrogen-bond donors (Lipinski definition) is 0. The molecule has 0 aliphatic carbocycles. The van der Waals surface area contributed by atoms with Gasteiger partial charge in [0.2, 0.25) is 0 Å². The van der Waals surface area contributed by atoms with E-state index in [9.17, 15) is 30.3 Å². The van der Waals surface area contributed by atoms with Crippen LogP contribution in [0.2, 0.25) is 0 Å². The normalized spacial score (nSPS) is 14.1. The van der Waals surface area contributed by atoms with Crippen molar-refractivity contribution in [2.75, 3.05) is 18.0 Å². The number of non-ortho nitro benzene ring substituents is 3. The van der Waals surface area contributed by atoms with Gasteiger partial charge < -0.3 is 4.90 Å². The SMILES string of the molecule is O=[N+]([O-])c1cc([N+](=O)[O-])c2c([N+](=O)[O-])ccc(N3CCCC3)c2c1. The van der Waals surface area contributed by atoms with Gasteiger partial charge in [0.15, 0.2) is 0 Å². The number of nitrogens with zero attached hydrogens (tertiary/aromatic N) is 4. The van der Waals surface area contributed by atoms with Crippen LogP contribution in [0.1, 0.15) is 12.8 Å². The Morgan fingerprint density at radius 3 is 2.00 bits per heavy atom. The van der Waals surface area contributed by atoms with Crippen LogP contribution < -0.4 is 4.90 Å². The van der Waals surface area contributed by atoms with E-state index in [0.29, 0.717) is 18.8 Å². The predicted molar refractivity (Wildman–Crippen MR) is 85.4 cm³/mol. The van der Waals surface area contributed by atoms with E-state index < -0.39 is 31.8 Å². The van der Waals surface area contributed by atoms with Gasteiger partial charge in [0.05, 0.1) is 20.8 Å². The Morgan fingerprint density at radius 1 is 0.833 bits per heavy atom. The summed E-state index contributed by atoms with van der Waals surface area (Å²) in [5.41, 5.74) is -0.989. The van der Waals surface area contributed by atoms with Crippen LogP contribution in [0.3, 0.4) is 0 Å². The van der Waals surface area contributed by atoms with Gasteiger partial charge in [-0.1, -0.05) is 0 Å². The first-order chi connectivity index (χ1) is 11.4. The second kappa shape index (κ2) is 5.72. The summed E-state index contributed by atoms with van der Waals surface area (Å²) in [5.74, 6) is 0. The average Bonchev–Trinajstić information content (AvgIpc) is 3.06. The minimum absolute atomic E-state index is 0.159. The van der Waals surface area contributed by atoms with E-state index >= 15 is 0 Å². The fourth-order valence-corrected chi connectivity index (χ4v) is 3.05. The van der Waals surface area contributed by atoms with Crippen molar-refractivity contribution in [3.05, 3.63) is 54.6 Å². The largest absolute Gasteiger partial charge is 0.371 e. The summed E-state index contributed by atoms with van der Waals surface area (Å²) in [4.78, 5) is 33.4. The Balaban J connectivity index is 2.42. The Labute approximate surface area is 134 Å². The van der Waals surface area contributed by atoms with Gasteiger partial charge in [0.1, 0.15) is 5.39 Å². The van der Waals surface area contributed by atoms with Crippen molar-refractivity contribution in [2.45, 2.75) is 12.8 Å². The van der Waals surface area contributed by atoms with Crippen LogP contribution in [0.25, 0.3) is 10.8 Å². The quantitative estimate of drug-likeness (QED) is 0.620. The molecule has 1 aliphatic rings. The molecule has 2 aromatic rings. The predicted octanol–water partition coefficient (Wildman–Crippen LogP) is 3.16. The van der Waals surface area contributed by atoms with E-state index in [1.807, 2.05) is 4.90 Å². The summed E-state index contributed by atoms with van der Waals surface area (Å²) in [5, 5.41) is 33.7. The Kier molecular flexibility index (Phi) is 3.72. The summed E-state index contributed by atoms with van der Waals surface area (Å²) < 4.78 is 0. The van der Waals surface area contributed by atoms with E-state index in [4.69, 9.17) is 0 Å². The van der Waals surface area contributed by atoms with E-state index in [0.717, 1.165) is 18.9 Å². The summed E-state index contributed by atoms with van der Waals surface area (Å²) in [6, 6.07) is 4.65. The molecular formula is C14H12N4O6. The molecule has 0 unspecified atom stereocenters. The zero-order valence-corrected chi connectivity index (χ0v) is 12.4. The van der Waals surface area contributed by atoms with Crippen LogP contribution in [-0.2, 0) is 0 Å². The molecule has 10 nitrogen and oxygen atoms in total. The first kappa shape index (κ1) is 15.6. The second-order valence-corrected chi connectivity index (χ2v) is 5.46. The molecule has 3 rings (SSSR count). The zero-order valence-electron chi connectivity index (χ0n) is 12.4. The van der Waals surface area contributed by atoms with Gasteiger partial charge >= 0.3 is 0 Å². The summed E-state index contributed by atoms with van der Waals surface area (Å²) >= 11 is 0. The molecule has 0 spiro atoms. The molecule has 0 radical (unpaired) electrons. The lowest BCUT2D eigenvalue weighted by atomic mass is 10.0. The minimum Gasteiger partial charge on any atom is -0.371 e. The third kappa shape index (κ3) is 2.47. The van der Waals surface area contributed by atoms with Crippen molar-refractivity contribution in [1.82, 2.24) is 0 Å². The van der Waals surface area contributed by atoms with E-state index in [-0.39, 0.29) is 10.8 Å². The number of hydrogen-bond acceptors (Lipinski definition) is 7. The first-order valence-electron chi connectivity index (χ1n) is 7.19. The molecular weight excluding hydrogens is 320 g/mol. The van der Waals surface area contributed by atoms with Crippen molar-refractivity contribution in [2.24, 2.45) is 0 Å². The molecule has 1 saturated heterocycles. The topological polar surface area (TPSA) is 133 Å². The van der Waals surface area contributed by atoms with E-state index in [1.165, 1.54) is 18.2 Å². The van der Waals surface area contributed by atoms with Crippen molar-refractivity contribution in [3.8, 4) is 0 Å². The molecule has 0 aromatic heterocycles. The minimum atomic E-state index is -0.823. The molecule has 0 atom stereocenters. The van der Waals surface area contributed by atoms with Gasteiger partial charge in [-0.05, 0) is 18.9 Å². The van der Waals surface area contributed by atoms with Crippen LogP contribution in [0, 0.1) is 30.3 Å². The fraction of sp³-hybridized carbons (Fsp3) is 0.286. The molecule has 1 fully saturated rings. The van der Waals surface area contributed by atoms with Crippen LogP contribution in [0.5, 0.6) is 0 Å². The first-order valence-corrected chi connectivity index (χ1v) is 7.19. The smallest absolute Gasteiger partial charge is 0.291 e. The van der Waals surface area contributed by atoms with E-state index in [2.05, 4.69) is 0 Å². The average molecular weight is 332 g/mol.